The maximum absolute atomic E-state index is 13.6. The molecule has 0 amide bonds. The van der Waals surface area contributed by atoms with Crippen LogP contribution in [0, 0.1) is 11.6 Å². The highest BCUT2D eigenvalue weighted by Gasteiger charge is 2.24. The van der Waals surface area contributed by atoms with E-state index >= 15 is 0 Å². The number of likely N-dealkylation sites (N-methyl/N-ethyl adjacent to an activating group) is 2. The van der Waals surface area contributed by atoms with Gasteiger partial charge in [-0.2, -0.15) is 0 Å². The molecule has 1 saturated heterocycles. The quantitative estimate of drug-likeness (QED) is 0.916. The van der Waals surface area contributed by atoms with E-state index in [0.717, 1.165) is 32.0 Å². The Labute approximate surface area is 118 Å². The van der Waals surface area contributed by atoms with E-state index in [-0.39, 0.29) is 5.56 Å². The van der Waals surface area contributed by atoms with Gasteiger partial charge in [0.15, 0.2) is 11.6 Å². The van der Waals surface area contributed by atoms with Crippen molar-refractivity contribution >= 4 is 0 Å². The number of aliphatic hydroxyl groups excluding tert-OH is 1. The van der Waals surface area contributed by atoms with Crippen molar-refractivity contribution in [1.82, 2.24) is 9.80 Å². The molecule has 0 bridgehead atoms. The van der Waals surface area contributed by atoms with Gasteiger partial charge < -0.3 is 10.0 Å². The standard InChI is InChI=1S/C15H22F2N2O/c1-18-8-4-5-11(9-18)19(2)10-14(20)12-6-3-7-13(16)15(12)17/h3,6-7,11,14,20H,4-5,8-10H2,1-2H3. The molecule has 112 valence electrons. The Hall–Kier alpha value is -1.04. The second-order valence-electron chi connectivity index (χ2n) is 5.66. The largest absolute Gasteiger partial charge is 0.387 e. The molecule has 1 fully saturated rings. The molecule has 1 heterocycles. The molecule has 1 aliphatic heterocycles. The molecule has 0 aromatic heterocycles. The molecular formula is C15H22F2N2O. The fraction of sp³-hybridized carbons (Fsp3) is 0.600. The second kappa shape index (κ2) is 6.61. The Morgan fingerprint density at radius 1 is 1.45 bits per heavy atom. The summed E-state index contributed by atoms with van der Waals surface area (Å²) in [6.07, 6.45) is 1.18. The molecule has 1 aromatic rings. The molecule has 20 heavy (non-hydrogen) atoms. The summed E-state index contributed by atoms with van der Waals surface area (Å²) in [4.78, 5) is 4.28. The number of piperidine rings is 1. The summed E-state index contributed by atoms with van der Waals surface area (Å²) >= 11 is 0. The SMILES string of the molecule is CN1CCCC(N(C)CC(O)c2cccc(F)c2F)C1. The summed E-state index contributed by atoms with van der Waals surface area (Å²) < 4.78 is 26.8. The van der Waals surface area contributed by atoms with Crippen LogP contribution < -0.4 is 0 Å². The first-order chi connectivity index (χ1) is 9.49. The van der Waals surface area contributed by atoms with Gasteiger partial charge in [0.1, 0.15) is 0 Å². The predicted octanol–water partition coefficient (Wildman–Crippen LogP) is 2.02. The zero-order valence-corrected chi connectivity index (χ0v) is 12.0. The van der Waals surface area contributed by atoms with E-state index in [1.54, 1.807) is 0 Å². The summed E-state index contributed by atoms with van der Waals surface area (Å²) in [7, 11) is 3.99. The van der Waals surface area contributed by atoms with Gasteiger partial charge in [0.2, 0.25) is 0 Å². The van der Waals surface area contributed by atoms with Gasteiger partial charge in [0.25, 0.3) is 0 Å². The average molecular weight is 284 g/mol. The fourth-order valence-corrected chi connectivity index (χ4v) is 2.80. The topological polar surface area (TPSA) is 26.7 Å². The van der Waals surface area contributed by atoms with E-state index in [2.05, 4.69) is 11.9 Å². The lowest BCUT2D eigenvalue weighted by Gasteiger charge is -2.36. The molecule has 1 aliphatic rings. The molecule has 0 spiro atoms. The van der Waals surface area contributed by atoms with Crippen molar-refractivity contribution in [1.29, 1.82) is 0 Å². The van der Waals surface area contributed by atoms with Crippen LogP contribution in [0.4, 0.5) is 8.78 Å². The first kappa shape index (κ1) is 15.4. The first-order valence-corrected chi connectivity index (χ1v) is 6.99. The summed E-state index contributed by atoms with van der Waals surface area (Å²) in [6.45, 7) is 2.33. The van der Waals surface area contributed by atoms with Gasteiger partial charge in [-0.05, 0) is 39.5 Å². The Morgan fingerprint density at radius 3 is 2.90 bits per heavy atom. The van der Waals surface area contributed by atoms with Crippen LogP contribution >= 0.6 is 0 Å². The van der Waals surface area contributed by atoms with Gasteiger partial charge in [-0.3, -0.25) is 4.90 Å². The number of nitrogens with zero attached hydrogens (tertiary/aromatic N) is 2. The van der Waals surface area contributed by atoms with Crippen LogP contribution in [0.15, 0.2) is 18.2 Å². The first-order valence-electron chi connectivity index (χ1n) is 6.99. The number of aliphatic hydroxyl groups is 1. The minimum Gasteiger partial charge on any atom is -0.387 e. The lowest BCUT2D eigenvalue weighted by molar-refractivity contribution is 0.0722. The Balaban J connectivity index is 1.99. The summed E-state index contributed by atoms with van der Waals surface area (Å²) in [5, 5.41) is 10.1. The third kappa shape index (κ3) is 3.53. The summed E-state index contributed by atoms with van der Waals surface area (Å²) in [6, 6.07) is 4.26. The maximum Gasteiger partial charge on any atom is 0.164 e. The number of rotatable bonds is 4. The molecule has 1 N–H and O–H groups in total. The molecule has 0 aliphatic carbocycles. The lowest BCUT2D eigenvalue weighted by Crippen LogP contribution is -2.46. The van der Waals surface area contributed by atoms with Crippen molar-refractivity contribution in [2.24, 2.45) is 0 Å². The van der Waals surface area contributed by atoms with Gasteiger partial charge >= 0.3 is 0 Å². The molecule has 1 aromatic carbocycles. The van der Waals surface area contributed by atoms with Crippen LogP contribution in [0.25, 0.3) is 0 Å². The highest BCUT2D eigenvalue weighted by Crippen LogP contribution is 2.22. The fourth-order valence-electron chi connectivity index (χ4n) is 2.80. The van der Waals surface area contributed by atoms with Crippen LogP contribution in [0.2, 0.25) is 0 Å². The number of hydrogen-bond acceptors (Lipinski definition) is 3. The Bertz CT molecular complexity index is 455. The normalized spacial score (nSPS) is 22.2. The van der Waals surface area contributed by atoms with E-state index in [0.29, 0.717) is 12.6 Å². The maximum atomic E-state index is 13.6. The van der Waals surface area contributed by atoms with Crippen LogP contribution in [0.1, 0.15) is 24.5 Å². The number of likely N-dealkylation sites (tertiary alicyclic amines) is 1. The minimum atomic E-state index is -1.01. The minimum absolute atomic E-state index is 0.0287. The second-order valence-corrected chi connectivity index (χ2v) is 5.66. The van der Waals surface area contributed by atoms with Gasteiger partial charge in [0, 0.05) is 24.7 Å². The molecule has 0 saturated carbocycles. The number of hydrogen-bond donors (Lipinski definition) is 1. The monoisotopic (exact) mass is 284 g/mol. The van der Waals surface area contributed by atoms with Crippen LogP contribution in [-0.2, 0) is 0 Å². The third-order valence-corrected chi connectivity index (χ3v) is 4.02. The van der Waals surface area contributed by atoms with Crippen LogP contribution in [0.3, 0.4) is 0 Å². The van der Waals surface area contributed by atoms with Crippen LogP contribution in [0.5, 0.6) is 0 Å². The van der Waals surface area contributed by atoms with Gasteiger partial charge in [-0.1, -0.05) is 12.1 Å². The third-order valence-electron chi connectivity index (χ3n) is 4.02. The van der Waals surface area contributed by atoms with Gasteiger partial charge in [-0.15, -0.1) is 0 Å². The molecule has 2 unspecified atom stereocenters. The van der Waals surface area contributed by atoms with E-state index in [1.807, 2.05) is 11.9 Å². The van der Waals surface area contributed by atoms with E-state index in [1.165, 1.54) is 12.1 Å². The zero-order chi connectivity index (χ0) is 14.7. The Morgan fingerprint density at radius 2 is 2.20 bits per heavy atom. The molecular weight excluding hydrogens is 262 g/mol. The van der Waals surface area contributed by atoms with Crippen LogP contribution in [-0.4, -0.2) is 54.7 Å². The van der Waals surface area contributed by atoms with Crippen molar-refractivity contribution in [3.63, 3.8) is 0 Å². The average Bonchev–Trinajstić information content (AvgIpc) is 2.41. The van der Waals surface area contributed by atoms with Crippen molar-refractivity contribution < 1.29 is 13.9 Å². The highest BCUT2D eigenvalue weighted by molar-refractivity contribution is 5.21. The summed E-state index contributed by atoms with van der Waals surface area (Å²) in [5.41, 5.74) is 0.0287. The molecule has 2 atom stereocenters. The highest BCUT2D eigenvalue weighted by atomic mass is 19.2. The number of benzene rings is 1. The Kier molecular flexibility index (Phi) is 5.07. The predicted molar refractivity (Wildman–Crippen MR) is 74.5 cm³/mol. The van der Waals surface area contributed by atoms with Gasteiger partial charge in [0.05, 0.1) is 6.10 Å². The van der Waals surface area contributed by atoms with Crippen molar-refractivity contribution in [2.75, 3.05) is 33.7 Å². The molecule has 3 nitrogen and oxygen atoms in total. The van der Waals surface area contributed by atoms with E-state index in [4.69, 9.17) is 0 Å². The van der Waals surface area contributed by atoms with Crippen molar-refractivity contribution in [3.8, 4) is 0 Å². The molecule has 0 radical (unpaired) electrons. The van der Waals surface area contributed by atoms with E-state index < -0.39 is 17.7 Å². The number of halogens is 2. The van der Waals surface area contributed by atoms with Crippen molar-refractivity contribution in [3.05, 3.63) is 35.4 Å². The zero-order valence-electron chi connectivity index (χ0n) is 12.0. The molecule has 5 heteroatoms. The molecule has 2 rings (SSSR count). The summed E-state index contributed by atoms with van der Waals surface area (Å²) in [5.74, 6) is -1.87. The van der Waals surface area contributed by atoms with Gasteiger partial charge in [-0.25, -0.2) is 8.78 Å². The smallest absolute Gasteiger partial charge is 0.164 e. The van der Waals surface area contributed by atoms with E-state index in [9.17, 15) is 13.9 Å². The lowest BCUT2D eigenvalue weighted by atomic mass is 10.0. The van der Waals surface area contributed by atoms with Crippen molar-refractivity contribution in [2.45, 2.75) is 25.0 Å².